The number of rotatable bonds is 7. The van der Waals surface area contributed by atoms with Crippen LogP contribution < -0.4 is 10.5 Å². The van der Waals surface area contributed by atoms with E-state index >= 15 is 0 Å². The summed E-state index contributed by atoms with van der Waals surface area (Å²) in [5, 5.41) is 0.365. The third kappa shape index (κ3) is 4.87. The minimum absolute atomic E-state index is 0.0269. The average Bonchev–Trinajstić information content (AvgIpc) is 2.61. The molecule has 2 N–H and O–H groups in total. The predicted molar refractivity (Wildman–Crippen MR) is 99.0 cm³/mol. The molecule has 7 nitrogen and oxygen atoms in total. The Morgan fingerprint density at radius 1 is 1.12 bits per heavy atom. The number of ether oxygens (including phenoxy) is 2. The van der Waals surface area contributed by atoms with Crippen LogP contribution in [-0.4, -0.2) is 46.0 Å². The molecule has 0 heterocycles. The zero-order valence-corrected chi connectivity index (χ0v) is 15.9. The number of benzene rings is 2. The Hall–Kier alpha value is -2.29. The Balaban J connectivity index is 1.84. The van der Waals surface area contributed by atoms with Crippen LogP contribution in [0.2, 0.25) is 5.02 Å². The number of nitrogens with two attached hydrogens (primary N) is 1. The standard InChI is InChI=1S/C17H19ClN2O5S/c1-20(2)26(22,23)14-6-4-13(5-7-14)24-9-10-25-17(21)12-3-8-15(18)16(19)11-12/h3-8,11H,9-10,19H2,1-2H3. The molecular weight excluding hydrogens is 380 g/mol. The molecule has 140 valence electrons. The second kappa shape index (κ2) is 8.39. The van der Waals surface area contributed by atoms with Crippen molar-refractivity contribution >= 4 is 33.3 Å². The lowest BCUT2D eigenvalue weighted by molar-refractivity contribution is 0.0450. The van der Waals surface area contributed by atoms with Crippen LogP contribution in [-0.2, 0) is 14.8 Å². The van der Waals surface area contributed by atoms with Crippen molar-refractivity contribution in [3.8, 4) is 5.75 Å². The fourth-order valence-corrected chi connectivity index (χ4v) is 2.99. The predicted octanol–water partition coefficient (Wildman–Crippen LogP) is 2.41. The monoisotopic (exact) mass is 398 g/mol. The molecule has 0 saturated carbocycles. The van der Waals surface area contributed by atoms with Gasteiger partial charge in [0, 0.05) is 14.1 Å². The van der Waals surface area contributed by atoms with Crippen molar-refractivity contribution in [1.82, 2.24) is 4.31 Å². The van der Waals surface area contributed by atoms with Crippen molar-refractivity contribution in [2.75, 3.05) is 33.0 Å². The Morgan fingerprint density at radius 2 is 1.77 bits per heavy atom. The number of carbonyl (C=O) groups excluding carboxylic acids is 1. The molecule has 0 bridgehead atoms. The molecular formula is C17H19ClN2O5S. The minimum Gasteiger partial charge on any atom is -0.490 e. The van der Waals surface area contributed by atoms with E-state index in [1.165, 1.54) is 56.6 Å². The van der Waals surface area contributed by atoms with Crippen LogP contribution in [0.1, 0.15) is 10.4 Å². The van der Waals surface area contributed by atoms with E-state index in [1.807, 2.05) is 0 Å². The molecule has 26 heavy (non-hydrogen) atoms. The maximum atomic E-state index is 12.0. The third-order valence-corrected chi connectivity index (χ3v) is 5.59. The molecule has 0 aliphatic carbocycles. The molecule has 0 unspecified atom stereocenters. The Morgan fingerprint density at radius 3 is 2.35 bits per heavy atom. The first-order valence-corrected chi connectivity index (χ1v) is 9.41. The van der Waals surface area contributed by atoms with Crippen molar-refractivity contribution in [3.05, 3.63) is 53.1 Å². The van der Waals surface area contributed by atoms with E-state index in [0.29, 0.717) is 22.0 Å². The topological polar surface area (TPSA) is 98.9 Å². The van der Waals surface area contributed by atoms with E-state index in [4.69, 9.17) is 26.8 Å². The van der Waals surface area contributed by atoms with Crippen LogP contribution in [0.4, 0.5) is 5.69 Å². The second-order valence-electron chi connectivity index (χ2n) is 5.48. The third-order valence-electron chi connectivity index (χ3n) is 3.42. The van der Waals surface area contributed by atoms with Crippen molar-refractivity contribution in [3.63, 3.8) is 0 Å². The van der Waals surface area contributed by atoms with Gasteiger partial charge in [-0.25, -0.2) is 17.5 Å². The number of anilines is 1. The van der Waals surface area contributed by atoms with E-state index < -0.39 is 16.0 Å². The number of halogens is 1. The highest BCUT2D eigenvalue weighted by molar-refractivity contribution is 7.89. The van der Waals surface area contributed by atoms with Gasteiger partial charge in [0.2, 0.25) is 10.0 Å². The molecule has 0 aliphatic rings. The Bertz CT molecular complexity index is 883. The van der Waals surface area contributed by atoms with Gasteiger partial charge < -0.3 is 15.2 Å². The molecule has 2 rings (SSSR count). The molecule has 0 atom stereocenters. The van der Waals surface area contributed by atoms with Gasteiger partial charge in [-0.3, -0.25) is 0 Å². The number of sulfonamides is 1. The van der Waals surface area contributed by atoms with Crippen LogP contribution in [0.5, 0.6) is 5.75 Å². The number of nitrogens with zero attached hydrogens (tertiary/aromatic N) is 1. The first-order chi connectivity index (χ1) is 12.2. The summed E-state index contributed by atoms with van der Waals surface area (Å²) < 4.78 is 35.6. The van der Waals surface area contributed by atoms with Gasteiger partial charge in [0.1, 0.15) is 19.0 Å². The van der Waals surface area contributed by atoms with Gasteiger partial charge in [-0.15, -0.1) is 0 Å². The maximum Gasteiger partial charge on any atom is 0.338 e. The molecule has 0 aliphatic heterocycles. The number of hydrogen-bond acceptors (Lipinski definition) is 6. The summed E-state index contributed by atoms with van der Waals surface area (Å²) in [6.45, 7) is 0.147. The van der Waals surface area contributed by atoms with Crippen LogP contribution >= 0.6 is 11.6 Å². The van der Waals surface area contributed by atoms with Crippen molar-refractivity contribution in [1.29, 1.82) is 0 Å². The van der Waals surface area contributed by atoms with E-state index in [0.717, 1.165) is 4.31 Å². The number of nitrogen functional groups attached to an aromatic ring is 1. The summed E-state index contributed by atoms with van der Waals surface area (Å²) in [6, 6.07) is 10.5. The molecule has 0 radical (unpaired) electrons. The fourth-order valence-electron chi connectivity index (χ4n) is 1.97. The zero-order valence-electron chi connectivity index (χ0n) is 14.3. The van der Waals surface area contributed by atoms with E-state index in [-0.39, 0.29) is 18.1 Å². The highest BCUT2D eigenvalue weighted by Crippen LogP contribution is 2.20. The smallest absolute Gasteiger partial charge is 0.338 e. The zero-order chi connectivity index (χ0) is 19.3. The summed E-state index contributed by atoms with van der Waals surface area (Å²) >= 11 is 5.80. The molecule has 9 heteroatoms. The number of carbonyl (C=O) groups is 1. The van der Waals surface area contributed by atoms with Gasteiger partial charge in [0.15, 0.2) is 0 Å². The van der Waals surface area contributed by atoms with Crippen molar-refractivity contribution in [2.24, 2.45) is 0 Å². The van der Waals surface area contributed by atoms with Crippen molar-refractivity contribution in [2.45, 2.75) is 4.90 Å². The van der Waals surface area contributed by atoms with Crippen LogP contribution in [0, 0.1) is 0 Å². The highest BCUT2D eigenvalue weighted by atomic mass is 35.5. The SMILES string of the molecule is CN(C)S(=O)(=O)c1ccc(OCCOC(=O)c2ccc(Cl)c(N)c2)cc1. The molecule has 0 aromatic heterocycles. The lowest BCUT2D eigenvalue weighted by atomic mass is 10.2. The molecule has 2 aromatic rings. The van der Waals surface area contributed by atoms with Crippen LogP contribution in [0.25, 0.3) is 0 Å². The molecule has 0 saturated heterocycles. The Labute approximate surface area is 157 Å². The summed E-state index contributed by atoms with van der Waals surface area (Å²) in [6.07, 6.45) is 0. The summed E-state index contributed by atoms with van der Waals surface area (Å²) in [5.41, 5.74) is 6.23. The summed E-state index contributed by atoms with van der Waals surface area (Å²) in [5.74, 6) is -0.0705. The lowest BCUT2D eigenvalue weighted by Crippen LogP contribution is -2.22. The number of hydrogen-bond donors (Lipinski definition) is 1. The van der Waals surface area contributed by atoms with Gasteiger partial charge in [-0.1, -0.05) is 11.6 Å². The Kier molecular flexibility index (Phi) is 6.47. The van der Waals surface area contributed by atoms with Crippen LogP contribution in [0.3, 0.4) is 0 Å². The fraction of sp³-hybridized carbons (Fsp3) is 0.235. The van der Waals surface area contributed by atoms with Gasteiger partial charge in [0.05, 0.1) is 21.2 Å². The first-order valence-electron chi connectivity index (χ1n) is 7.59. The second-order valence-corrected chi connectivity index (χ2v) is 8.04. The quantitative estimate of drug-likeness (QED) is 0.437. The van der Waals surface area contributed by atoms with Gasteiger partial charge in [-0.2, -0.15) is 0 Å². The normalized spacial score (nSPS) is 11.4. The van der Waals surface area contributed by atoms with Gasteiger partial charge in [-0.05, 0) is 42.5 Å². The molecule has 2 aromatic carbocycles. The molecule has 0 spiro atoms. The van der Waals surface area contributed by atoms with Crippen molar-refractivity contribution < 1.29 is 22.7 Å². The maximum absolute atomic E-state index is 12.0. The highest BCUT2D eigenvalue weighted by Gasteiger charge is 2.16. The largest absolute Gasteiger partial charge is 0.490 e. The summed E-state index contributed by atoms with van der Waals surface area (Å²) in [7, 11) is -0.557. The van der Waals surface area contributed by atoms with E-state index in [1.54, 1.807) is 0 Å². The molecule has 0 fully saturated rings. The molecule has 0 amide bonds. The minimum atomic E-state index is -3.48. The van der Waals surface area contributed by atoms with E-state index in [9.17, 15) is 13.2 Å². The lowest BCUT2D eigenvalue weighted by Gasteiger charge is -2.12. The summed E-state index contributed by atoms with van der Waals surface area (Å²) in [4.78, 5) is 12.1. The van der Waals surface area contributed by atoms with Gasteiger partial charge in [0.25, 0.3) is 0 Å². The average molecular weight is 399 g/mol. The van der Waals surface area contributed by atoms with Gasteiger partial charge >= 0.3 is 5.97 Å². The van der Waals surface area contributed by atoms with E-state index in [2.05, 4.69) is 0 Å². The number of esters is 1. The first kappa shape index (κ1) is 20.0. The van der Waals surface area contributed by atoms with Crippen LogP contribution in [0.15, 0.2) is 47.4 Å².